The maximum Gasteiger partial charge on any atom is 0.196 e. The fourth-order valence-corrected chi connectivity index (χ4v) is 5.09. The lowest BCUT2D eigenvalue weighted by atomic mass is 9.98. The Morgan fingerprint density at radius 2 is 1.95 bits per heavy atom. The van der Waals surface area contributed by atoms with Gasteiger partial charge in [0.1, 0.15) is 11.3 Å². The van der Waals surface area contributed by atoms with Crippen molar-refractivity contribution in [1.82, 2.24) is 9.97 Å². The van der Waals surface area contributed by atoms with Gasteiger partial charge >= 0.3 is 0 Å². The Bertz CT molecular complexity index is 1550. The molecule has 5 rings (SSSR count). The van der Waals surface area contributed by atoms with Crippen molar-refractivity contribution >= 4 is 22.5 Å². The van der Waals surface area contributed by atoms with Gasteiger partial charge in [-0.05, 0) is 76.4 Å². The molecule has 4 heterocycles. The van der Waals surface area contributed by atoms with Crippen molar-refractivity contribution in [2.75, 3.05) is 23.3 Å². The Hall–Kier alpha value is -4.18. The van der Waals surface area contributed by atoms with Crippen LogP contribution < -0.4 is 15.6 Å². The Labute approximate surface area is 216 Å². The molecule has 1 atom stereocenters. The van der Waals surface area contributed by atoms with Crippen LogP contribution in [0.15, 0.2) is 58.0 Å². The van der Waals surface area contributed by atoms with Crippen LogP contribution in [0.2, 0.25) is 0 Å². The summed E-state index contributed by atoms with van der Waals surface area (Å²) in [5, 5.41) is 13.5. The largest absolute Gasteiger partial charge is 0.455 e. The van der Waals surface area contributed by atoms with Crippen molar-refractivity contribution in [1.29, 1.82) is 5.26 Å². The highest BCUT2D eigenvalue weighted by Gasteiger charge is 2.24. The van der Waals surface area contributed by atoms with Crippen LogP contribution >= 0.6 is 0 Å². The molecule has 1 fully saturated rings. The highest BCUT2D eigenvalue weighted by molar-refractivity contribution is 5.84. The quantitative estimate of drug-likeness (QED) is 0.359. The summed E-state index contributed by atoms with van der Waals surface area (Å²) in [4.78, 5) is 24.7. The molecular formula is C30H31N5O2. The van der Waals surface area contributed by atoms with Crippen molar-refractivity contribution in [2.24, 2.45) is 5.92 Å². The molecule has 37 heavy (non-hydrogen) atoms. The Balaban J connectivity index is 1.56. The number of benzene rings is 1. The van der Waals surface area contributed by atoms with Crippen LogP contribution in [-0.2, 0) is 0 Å². The maximum absolute atomic E-state index is 13.4. The topological polar surface area (TPSA) is 95.1 Å². The van der Waals surface area contributed by atoms with Gasteiger partial charge in [-0.3, -0.25) is 9.78 Å². The minimum Gasteiger partial charge on any atom is -0.455 e. The molecule has 0 saturated carbocycles. The molecule has 188 valence electrons. The number of fused-ring (bicyclic) bond motifs is 1. The first kappa shape index (κ1) is 24.5. The number of aryl methyl sites for hydroxylation is 2. The summed E-state index contributed by atoms with van der Waals surface area (Å²) < 4.78 is 6.46. The lowest BCUT2D eigenvalue weighted by Crippen LogP contribution is -2.34. The average molecular weight is 494 g/mol. The van der Waals surface area contributed by atoms with E-state index in [-0.39, 0.29) is 17.4 Å². The second-order valence-electron chi connectivity index (χ2n) is 9.94. The highest BCUT2D eigenvalue weighted by Crippen LogP contribution is 2.34. The summed E-state index contributed by atoms with van der Waals surface area (Å²) in [5.74, 6) is 1.55. The van der Waals surface area contributed by atoms with Crippen LogP contribution in [0, 0.1) is 38.0 Å². The summed E-state index contributed by atoms with van der Waals surface area (Å²) in [6, 6.07) is 14.0. The highest BCUT2D eigenvalue weighted by atomic mass is 16.3. The van der Waals surface area contributed by atoms with E-state index in [0.29, 0.717) is 22.3 Å². The van der Waals surface area contributed by atoms with E-state index in [1.165, 1.54) is 0 Å². The average Bonchev–Trinajstić information content (AvgIpc) is 2.92. The minimum absolute atomic E-state index is 0.0321. The van der Waals surface area contributed by atoms with Gasteiger partial charge in [0.05, 0.1) is 23.2 Å². The number of anilines is 2. The molecule has 1 saturated heterocycles. The molecule has 1 N–H and O–H groups in total. The van der Waals surface area contributed by atoms with E-state index in [9.17, 15) is 10.1 Å². The summed E-state index contributed by atoms with van der Waals surface area (Å²) in [7, 11) is 0. The Kier molecular flexibility index (Phi) is 6.66. The lowest BCUT2D eigenvalue weighted by Gasteiger charge is -2.32. The zero-order valence-electron chi connectivity index (χ0n) is 21.7. The fourth-order valence-electron chi connectivity index (χ4n) is 5.09. The van der Waals surface area contributed by atoms with Crippen LogP contribution in [0.25, 0.3) is 22.3 Å². The van der Waals surface area contributed by atoms with E-state index >= 15 is 0 Å². The van der Waals surface area contributed by atoms with Gasteiger partial charge in [-0.25, -0.2) is 4.98 Å². The van der Waals surface area contributed by atoms with Crippen molar-refractivity contribution < 1.29 is 4.42 Å². The maximum atomic E-state index is 13.4. The molecule has 3 aromatic heterocycles. The van der Waals surface area contributed by atoms with E-state index in [1.807, 2.05) is 38.1 Å². The van der Waals surface area contributed by atoms with Crippen LogP contribution in [-0.4, -0.2) is 23.1 Å². The van der Waals surface area contributed by atoms with Gasteiger partial charge in [0, 0.05) is 53.8 Å². The molecule has 1 aliphatic heterocycles. The molecule has 0 unspecified atom stereocenters. The molecule has 7 heteroatoms. The fraction of sp³-hybridized carbons (Fsp3) is 0.333. The number of hydrogen-bond acceptors (Lipinski definition) is 7. The zero-order valence-corrected chi connectivity index (χ0v) is 21.7. The summed E-state index contributed by atoms with van der Waals surface area (Å²) >= 11 is 0. The molecular weight excluding hydrogens is 462 g/mol. The van der Waals surface area contributed by atoms with Crippen molar-refractivity contribution in [3.63, 3.8) is 0 Å². The van der Waals surface area contributed by atoms with Crippen LogP contribution in [0.3, 0.4) is 0 Å². The first-order valence-electron chi connectivity index (χ1n) is 12.7. The van der Waals surface area contributed by atoms with Gasteiger partial charge in [0.2, 0.25) is 0 Å². The molecule has 0 radical (unpaired) electrons. The van der Waals surface area contributed by atoms with Crippen LogP contribution in [0.1, 0.15) is 48.2 Å². The second-order valence-corrected chi connectivity index (χ2v) is 9.94. The van der Waals surface area contributed by atoms with Gasteiger partial charge in [-0.1, -0.05) is 6.07 Å². The predicted molar refractivity (Wildman–Crippen MR) is 147 cm³/mol. The van der Waals surface area contributed by atoms with Crippen LogP contribution in [0.4, 0.5) is 11.5 Å². The van der Waals surface area contributed by atoms with Crippen LogP contribution in [0.5, 0.6) is 0 Å². The molecule has 1 aromatic carbocycles. The molecule has 0 bridgehead atoms. The third-order valence-electron chi connectivity index (χ3n) is 7.15. The molecule has 0 spiro atoms. The molecule has 0 amide bonds. The summed E-state index contributed by atoms with van der Waals surface area (Å²) in [6.07, 6.45) is 5.09. The Morgan fingerprint density at radius 1 is 1.16 bits per heavy atom. The van der Waals surface area contributed by atoms with Gasteiger partial charge in [0.15, 0.2) is 11.2 Å². The van der Waals surface area contributed by atoms with Gasteiger partial charge in [0.25, 0.3) is 0 Å². The van der Waals surface area contributed by atoms with E-state index in [2.05, 4.69) is 40.3 Å². The first-order valence-corrected chi connectivity index (χ1v) is 12.7. The normalized spacial score (nSPS) is 14.9. The Morgan fingerprint density at radius 3 is 2.65 bits per heavy atom. The van der Waals surface area contributed by atoms with E-state index in [4.69, 9.17) is 9.40 Å². The molecule has 0 aliphatic carbocycles. The standard InChI is InChI=1S/C30H31N5O2/c1-18-14-24(29-25(15-18)27(36)20(3)28(37-29)23-6-5-11-32-17-23)21(4)34-26-8-7-19(2)33-30(26)35-12-9-22(16-31)10-13-35/h5-8,11,14-15,17,21-22,34H,9-10,12-13H2,1-4H3/t21-/m1/s1. The lowest BCUT2D eigenvalue weighted by molar-refractivity contribution is 0.485. The molecule has 4 aromatic rings. The second kappa shape index (κ2) is 10.1. The summed E-state index contributed by atoms with van der Waals surface area (Å²) in [5.41, 5.74) is 5.67. The van der Waals surface area contributed by atoms with Crippen molar-refractivity contribution in [3.05, 3.63) is 81.4 Å². The van der Waals surface area contributed by atoms with Gasteiger partial charge in [-0.15, -0.1) is 0 Å². The van der Waals surface area contributed by atoms with Gasteiger partial charge in [-0.2, -0.15) is 5.26 Å². The molecule has 1 aliphatic rings. The zero-order chi connectivity index (χ0) is 26.1. The first-order chi connectivity index (χ1) is 17.9. The van der Waals surface area contributed by atoms with E-state index < -0.39 is 0 Å². The number of nitriles is 1. The number of nitrogens with one attached hydrogen (secondary N) is 1. The third kappa shape index (κ3) is 4.79. The number of hydrogen-bond donors (Lipinski definition) is 1. The number of piperidine rings is 1. The third-order valence-corrected chi connectivity index (χ3v) is 7.15. The van der Waals surface area contributed by atoms with E-state index in [1.54, 1.807) is 19.3 Å². The van der Waals surface area contributed by atoms with Crippen molar-refractivity contribution in [2.45, 2.75) is 46.6 Å². The number of aromatic nitrogens is 2. The number of rotatable bonds is 5. The predicted octanol–water partition coefficient (Wildman–Crippen LogP) is 6.09. The van der Waals surface area contributed by atoms with Gasteiger partial charge < -0.3 is 14.6 Å². The number of nitrogens with zero attached hydrogens (tertiary/aromatic N) is 4. The SMILES string of the molecule is Cc1cc([C@@H](C)Nc2ccc(C)nc2N2CCC(C#N)CC2)c2oc(-c3cccnc3)c(C)c(=O)c2c1. The minimum atomic E-state index is -0.157. The van der Waals surface area contributed by atoms with Crippen molar-refractivity contribution in [3.8, 4) is 17.4 Å². The molecule has 7 nitrogen and oxygen atoms in total. The smallest absolute Gasteiger partial charge is 0.196 e. The van der Waals surface area contributed by atoms with E-state index in [0.717, 1.165) is 59.8 Å². The summed E-state index contributed by atoms with van der Waals surface area (Å²) in [6.45, 7) is 9.46. The number of pyridine rings is 2. The monoisotopic (exact) mass is 493 g/mol.